The monoisotopic (exact) mass is 1430 g/mol. The molecule has 0 bridgehead atoms. The van der Waals surface area contributed by atoms with Crippen LogP contribution < -0.4 is 10.9 Å². The topological polar surface area (TPSA) is 135 Å². The van der Waals surface area contributed by atoms with E-state index in [1.54, 1.807) is 11.1 Å². The Morgan fingerprint density at radius 3 is 1.20 bits per heavy atom. The minimum Gasteiger partial charge on any atom is -0.283 e. The zero-order valence-electron chi connectivity index (χ0n) is 73.0. The number of alkyl halides is 2. The summed E-state index contributed by atoms with van der Waals surface area (Å²) in [7, 11) is 0. The van der Waals surface area contributed by atoms with Gasteiger partial charge in [0.25, 0.3) is 5.92 Å². The second-order valence-electron chi connectivity index (χ2n) is 43.3. The Kier molecular flexibility index (Phi) is 36.1. The smallest absolute Gasteiger partial charge is 0.283 e. The number of fused-ring (bicyclic) bond motifs is 7. The van der Waals surface area contributed by atoms with Gasteiger partial charge in [-0.2, -0.15) is 29.2 Å². The molecule has 15 heteroatoms. The predicted octanol–water partition coefficient (Wildman–Crippen LogP) is 26.8. The molecule has 6 saturated carbocycles. The highest BCUT2D eigenvalue weighted by Crippen LogP contribution is 2.51. The third kappa shape index (κ3) is 37.7. The van der Waals surface area contributed by atoms with Gasteiger partial charge >= 0.3 is 0 Å². The number of hydrogen-bond donors (Lipinski definition) is 2. The summed E-state index contributed by atoms with van der Waals surface area (Å²) < 4.78 is 29.7. The van der Waals surface area contributed by atoms with Crippen molar-refractivity contribution in [3.8, 4) is 0 Å². The van der Waals surface area contributed by atoms with E-state index in [-0.39, 0.29) is 23.2 Å². The fraction of sp³-hybridized carbons (Fsp3) is 0.908. The van der Waals surface area contributed by atoms with Crippen LogP contribution in [0.25, 0.3) is 0 Å². The number of aryl methyl sites for hydroxylation is 1. The Morgan fingerprint density at radius 1 is 0.373 bits per heavy atom. The van der Waals surface area contributed by atoms with E-state index in [1.807, 2.05) is 20.8 Å². The average Bonchev–Trinajstić information content (AvgIpc) is 1.61. The van der Waals surface area contributed by atoms with Crippen LogP contribution in [0, 0.1) is 62.6 Å². The van der Waals surface area contributed by atoms with Gasteiger partial charge in [-0.05, 0) is 267 Å². The van der Waals surface area contributed by atoms with Crippen molar-refractivity contribution in [3.63, 3.8) is 0 Å². The molecule has 4 aliphatic heterocycles. The zero-order chi connectivity index (χ0) is 77.8. The molecule has 7 aliphatic carbocycles. The number of hydrogen-bond acceptors (Lipinski definition) is 12. The molecule has 0 amide bonds. The minimum atomic E-state index is -2.80. The van der Waals surface area contributed by atoms with Crippen molar-refractivity contribution in [3.05, 3.63) is 33.9 Å². The van der Waals surface area contributed by atoms with Gasteiger partial charge in [0.15, 0.2) is 0 Å². The van der Waals surface area contributed by atoms with E-state index < -0.39 is 11.5 Å². The van der Waals surface area contributed by atoms with Crippen molar-refractivity contribution in [1.29, 1.82) is 0 Å². The van der Waals surface area contributed by atoms with Gasteiger partial charge in [-0.15, -0.1) is 5.10 Å². The third-order valence-corrected chi connectivity index (χ3v) is 19.1. The van der Waals surface area contributed by atoms with Gasteiger partial charge < -0.3 is 0 Å². The molecular weight excluding hydrogens is 1270 g/mol. The number of nitrogens with one attached hydrogen (secondary N) is 2. The van der Waals surface area contributed by atoms with Gasteiger partial charge in [0.1, 0.15) is 5.69 Å². The van der Waals surface area contributed by atoms with Crippen molar-refractivity contribution < 1.29 is 8.78 Å². The van der Waals surface area contributed by atoms with Crippen LogP contribution in [0.3, 0.4) is 0 Å². The number of hydrazone groups is 2. The molecule has 592 valence electrons. The normalized spacial score (nSPS) is 27.4. The Balaban J connectivity index is 0.000000306. The van der Waals surface area contributed by atoms with Crippen LogP contribution in [0.1, 0.15) is 407 Å². The van der Waals surface area contributed by atoms with Crippen LogP contribution in [0.4, 0.5) is 8.78 Å². The van der Waals surface area contributed by atoms with Crippen LogP contribution >= 0.6 is 0 Å². The van der Waals surface area contributed by atoms with Crippen molar-refractivity contribution in [2.45, 2.75) is 449 Å². The molecule has 12 rings (SSSR count). The summed E-state index contributed by atoms with van der Waals surface area (Å²) in [6, 6.07) is 2.12. The Hall–Kier alpha value is -3.78. The molecule has 13 nitrogen and oxygen atoms in total. The first-order valence-corrected chi connectivity index (χ1v) is 41.2. The van der Waals surface area contributed by atoms with E-state index in [2.05, 4.69) is 270 Å². The maximum Gasteiger partial charge on any atom is 0.291 e. The van der Waals surface area contributed by atoms with E-state index >= 15 is 0 Å². The highest BCUT2D eigenvalue weighted by molar-refractivity contribution is 5.88. The SMILES string of the molecule is CC(C)(C)C.CC(C)(C)C.CC(C)(C)C.CC(C)(C)C.CC(C)(C)C.CC(C)(C)N1N=NC2CCC3CC3CCC21.CC(C)(C)N1N=NC2CCCCCCC21.CC(C)(C)n1nnc2c1C(F)(F)CCCCC2.CC1=NNC(C)=C2CCC3CC3CCC12.CC1=NNC(C)=C2CCCCCCC12. The van der Waals surface area contributed by atoms with Crippen molar-refractivity contribution in [1.82, 2.24) is 35.9 Å². The molecule has 0 saturated heterocycles. The summed E-state index contributed by atoms with van der Waals surface area (Å²) in [5, 5.41) is 39.0. The van der Waals surface area contributed by atoms with E-state index in [1.165, 1.54) is 169 Å². The molecule has 1 aromatic rings. The van der Waals surface area contributed by atoms with Crippen molar-refractivity contribution in [2.24, 2.45) is 93.5 Å². The van der Waals surface area contributed by atoms with Crippen LogP contribution in [0.15, 0.2) is 53.4 Å². The molecule has 1 aromatic heterocycles. The van der Waals surface area contributed by atoms with Gasteiger partial charge in [0, 0.05) is 41.1 Å². The van der Waals surface area contributed by atoms with E-state index in [0.29, 0.717) is 81.6 Å². The van der Waals surface area contributed by atoms with Crippen LogP contribution in [0.2, 0.25) is 0 Å². The maximum atomic E-state index is 14.2. The summed E-state index contributed by atoms with van der Waals surface area (Å²) in [5.41, 5.74) is 17.6. The molecule has 102 heavy (non-hydrogen) atoms. The Morgan fingerprint density at radius 2 is 0.735 bits per heavy atom. The number of rotatable bonds is 0. The van der Waals surface area contributed by atoms with Gasteiger partial charge in [-0.3, -0.25) is 20.9 Å². The predicted molar refractivity (Wildman–Crippen MR) is 435 cm³/mol. The number of halogens is 2. The molecule has 10 unspecified atom stereocenters. The maximum absolute atomic E-state index is 14.2. The minimum absolute atomic E-state index is 0.0321. The highest BCUT2D eigenvalue weighted by Gasteiger charge is 2.46. The summed E-state index contributed by atoms with van der Waals surface area (Å²) >= 11 is 0. The number of allylic oxidation sites excluding steroid dienone is 4. The quantitative estimate of drug-likeness (QED) is 0.266. The lowest BCUT2D eigenvalue weighted by Crippen LogP contribution is -2.46. The molecular formula is C87H165F2N13. The summed E-state index contributed by atoms with van der Waals surface area (Å²) in [4.78, 5) is 0. The average molecular weight is 1430 g/mol. The summed E-state index contributed by atoms with van der Waals surface area (Å²) in [5.74, 6) is 2.72. The van der Waals surface area contributed by atoms with E-state index in [0.717, 1.165) is 36.5 Å². The molecule has 2 N–H and O–H groups in total. The van der Waals surface area contributed by atoms with Crippen LogP contribution in [0.5, 0.6) is 0 Å². The molecule has 0 radical (unpaired) electrons. The Labute approximate surface area is 628 Å². The first-order chi connectivity index (χ1) is 46.5. The lowest BCUT2D eigenvalue weighted by molar-refractivity contribution is -0.0302. The Bertz CT molecular complexity index is 2700. The summed E-state index contributed by atoms with van der Waals surface area (Å²) in [6.07, 6.45) is 32.8. The van der Waals surface area contributed by atoms with E-state index in [9.17, 15) is 8.78 Å². The van der Waals surface area contributed by atoms with E-state index in [4.69, 9.17) is 0 Å². The molecule has 10 atom stereocenters. The molecule has 0 spiro atoms. The van der Waals surface area contributed by atoms with Gasteiger partial charge in [-0.25, -0.2) is 4.68 Å². The number of aromatic nitrogens is 3. The fourth-order valence-electron chi connectivity index (χ4n) is 14.3. The fourth-order valence-corrected chi connectivity index (χ4v) is 14.3. The molecule has 0 aromatic carbocycles. The van der Waals surface area contributed by atoms with Crippen molar-refractivity contribution >= 4 is 11.4 Å². The van der Waals surface area contributed by atoms with Crippen LogP contribution in [-0.2, 0) is 17.9 Å². The van der Waals surface area contributed by atoms with Gasteiger partial charge in [0.05, 0.1) is 46.5 Å². The summed E-state index contributed by atoms with van der Waals surface area (Å²) in [6.45, 7) is 71.5. The second-order valence-corrected chi connectivity index (χ2v) is 43.3. The van der Waals surface area contributed by atoms with Gasteiger partial charge in [0.2, 0.25) is 0 Å². The largest absolute Gasteiger partial charge is 0.291 e. The molecule has 5 heterocycles. The zero-order valence-corrected chi connectivity index (χ0v) is 73.0. The first kappa shape index (κ1) is 92.4. The van der Waals surface area contributed by atoms with Gasteiger partial charge in [-0.1, -0.05) is 206 Å². The number of nitrogens with zero attached hydrogens (tertiary/aromatic N) is 11. The lowest BCUT2D eigenvalue weighted by atomic mass is 9.82. The molecule has 11 aliphatic rings. The van der Waals surface area contributed by atoms with Crippen molar-refractivity contribution in [2.75, 3.05) is 0 Å². The third-order valence-electron chi connectivity index (χ3n) is 19.1. The van der Waals surface area contributed by atoms with Crippen LogP contribution in [-0.4, -0.2) is 71.7 Å². The highest BCUT2D eigenvalue weighted by atomic mass is 19.3. The first-order valence-electron chi connectivity index (χ1n) is 41.2. The standard InChI is InChI=1S/C13H23N3.C13H20N2.C12H19F2N3.C12H23N3.C12H20N2.5C5H12/c1-13(2,3)16-12-7-5-10-8-9(10)4-6-11(12)14-15-16;1-8-12-5-3-10-7-11(10)4-6-13(12)9(2)15-14-8;1-11(2,3)17-10-9(15-16-17)7-5-4-6-8-12(10,13)14;1-12(2,3)15-11-9-7-5-4-6-8-10(11)13-14-15;1-9-11-7-5-3-4-6-8-12(11)10(2)14-13-9;5*1-5(2,3)4/h9-12H,4-8H2,1-3H3;10-12,15H,3-7H2,1-2H3;4-8H2,1-3H3;10-11H,4-9H2,1-3H3;11,14H,3-8H2,1-2H3;5*1-4H3. The second kappa shape index (κ2) is 39.9. The molecule has 6 fully saturated rings. The lowest BCUT2D eigenvalue weighted by Gasteiger charge is -2.36.